The Kier molecular flexibility index (Phi) is 9.76. The molecule has 0 radical (unpaired) electrons. The van der Waals surface area contributed by atoms with Crippen LogP contribution in [0.25, 0.3) is 0 Å². The van der Waals surface area contributed by atoms with Gasteiger partial charge >= 0.3 is 12.3 Å². The fraction of sp³-hybridized carbons (Fsp3) is 0.200. The quantitative estimate of drug-likeness (QED) is 0.124. The van der Waals surface area contributed by atoms with Crippen LogP contribution in [0.5, 0.6) is 11.5 Å². The minimum Gasteiger partial charge on any atom is -0.412 e. The molecule has 0 atom stereocenters. The van der Waals surface area contributed by atoms with Gasteiger partial charge in [0.25, 0.3) is 11.4 Å². The molecular formula is C20H19ClN2O10. The van der Waals surface area contributed by atoms with Crippen LogP contribution in [-0.4, -0.2) is 27.2 Å². The molecule has 0 heterocycles. The molecule has 0 spiro atoms. The third-order valence-electron chi connectivity index (χ3n) is 3.08. The molecule has 0 aliphatic rings. The van der Waals surface area contributed by atoms with Crippen LogP contribution < -0.4 is 9.47 Å². The molecular weight excluding hydrogens is 464 g/mol. The van der Waals surface area contributed by atoms with Crippen molar-refractivity contribution in [3.8, 4) is 11.5 Å². The van der Waals surface area contributed by atoms with Crippen LogP contribution in [-0.2, 0) is 9.47 Å². The summed E-state index contributed by atoms with van der Waals surface area (Å²) in [6.45, 7) is 7.81. The Labute approximate surface area is 192 Å². The molecule has 176 valence electrons. The van der Waals surface area contributed by atoms with Crippen LogP contribution >= 0.6 is 11.6 Å². The number of alkyl halides is 1. The number of halogens is 1. The molecule has 2 aromatic rings. The fourth-order valence-corrected chi connectivity index (χ4v) is 1.91. The Morgan fingerprint density at radius 1 is 0.848 bits per heavy atom. The van der Waals surface area contributed by atoms with Gasteiger partial charge in [-0.2, -0.15) is 0 Å². The molecule has 12 nitrogen and oxygen atoms in total. The number of nitro benzene ring substituents is 2. The molecule has 33 heavy (non-hydrogen) atoms. The van der Waals surface area contributed by atoms with Gasteiger partial charge < -0.3 is 18.9 Å². The highest BCUT2D eigenvalue weighted by Crippen LogP contribution is 2.20. The number of hydrogen-bond acceptors (Lipinski definition) is 10. The fourth-order valence-electron chi connectivity index (χ4n) is 1.85. The van der Waals surface area contributed by atoms with Crippen molar-refractivity contribution in [2.24, 2.45) is 0 Å². The summed E-state index contributed by atoms with van der Waals surface area (Å²) in [7, 11) is 0. The highest BCUT2D eigenvalue weighted by molar-refractivity contribution is 6.22. The summed E-state index contributed by atoms with van der Waals surface area (Å²) in [6, 6.07) is 10.1. The highest BCUT2D eigenvalue weighted by Gasteiger charge is 2.20. The van der Waals surface area contributed by atoms with E-state index in [2.05, 4.69) is 16.1 Å². The second-order valence-electron chi connectivity index (χ2n) is 6.48. The monoisotopic (exact) mass is 482 g/mol. The zero-order chi connectivity index (χ0) is 25.2. The van der Waals surface area contributed by atoms with E-state index in [1.807, 2.05) is 0 Å². The number of allylic oxidation sites excluding steroid dienone is 1. The third kappa shape index (κ3) is 11.1. The summed E-state index contributed by atoms with van der Waals surface area (Å²) in [5.74, 6) is 0.505. The number of nitrogens with zero attached hydrogens (tertiary/aromatic N) is 2. The molecule has 0 aromatic heterocycles. The molecule has 0 aliphatic heterocycles. The Hall–Kier alpha value is -4.19. The predicted molar refractivity (Wildman–Crippen MR) is 115 cm³/mol. The van der Waals surface area contributed by atoms with Crippen molar-refractivity contribution in [2.75, 3.05) is 0 Å². The Morgan fingerprint density at radius 2 is 1.21 bits per heavy atom. The smallest absolute Gasteiger partial charge is 0.412 e. The molecule has 0 N–H and O–H groups in total. The summed E-state index contributed by atoms with van der Waals surface area (Å²) in [4.78, 5) is 41.8. The number of benzene rings is 2. The van der Waals surface area contributed by atoms with Gasteiger partial charge in [-0.3, -0.25) is 20.2 Å². The lowest BCUT2D eigenvalue weighted by Crippen LogP contribution is -2.23. The minimum absolute atomic E-state index is 0.0828. The lowest BCUT2D eigenvalue weighted by molar-refractivity contribution is -0.385. The van der Waals surface area contributed by atoms with Crippen LogP contribution in [0.4, 0.5) is 21.0 Å². The van der Waals surface area contributed by atoms with Gasteiger partial charge in [-0.05, 0) is 45.0 Å². The van der Waals surface area contributed by atoms with Crippen LogP contribution in [0, 0.1) is 20.2 Å². The first-order chi connectivity index (χ1) is 15.3. The van der Waals surface area contributed by atoms with Crippen molar-refractivity contribution in [2.45, 2.75) is 25.8 Å². The van der Waals surface area contributed by atoms with Crippen LogP contribution in [0.1, 0.15) is 20.8 Å². The molecule has 0 fully saturated rings. The third-order valence-corrected chi connectivity index (χ3v) is 3.16. The SMILES string of the molecule is C=C(C)OC(=O)Oc1ccc([N+](=O)[O-])cc1.CC(C)(Cl)OC(=O)Oc1ccc([N+](=O)[O-])cc1. The van der Waals surface area contributed by atoms with Gasteiger partial charge in [0, 0.05) is 24.3 Å². The zero-order valence-corrected chi connectivity index (χ0v) is 18.4. The van der Waals surface area contributed by atoms with E-state index < -0.39 is 27.2 Å². The van der Waals surface area contributed by atoms with Crippen molar-refractivity contribution >= 4 is 35.3 Å². The zero-order valence-electron chi connectivity index (χ0n) is 17.7. The molecule has 0 amide bonds. The first-order valence-corrected chi connectivity index (χ1v) is 9.28. The second-order valence-corrected chi connectivity index (χ2v) is 7.39. The number of hydrogen-bond donors (Lipinski definition) is 0. The average Bonchev–Trinajstić information content (AvgIpc) is 2.67. The van der Waals surface area contributed by atoms with E-state index in [1.54, 1.807) is 0 Å². The van der Waals surface area contributed by atoms with Crippen molar-refractivity contribution < 1.29 is 38.4 Å². The molecule has 0 saturated heterocycles. The van der Waals surface area contributed by atoms with Crippen molar-refractivity contribution in [3.63, 3.8) is 0 Å². The maximum atomic E-state index is 11.2. The molecule has 0 aliphatic carbocycles. The van der Waals surface area contributed by atoms with E-state index in [4.69, 9.17) is 21.1 Å². The number of non-ortho nitro benzene ring substituents is 2. The van der Waals surface area contributed by atoms with Gasteiger partial charge in [-0.1, -0.05) is 18.2 Å². The van der Waals surface area contributed by atoms with E-state index in [-0.39, 0.29) is 28.6 Å². The number of ether oxygens (including phenoxy) is 4. The summed E-state index contributed by atoms with van der Waals surface area (Å²) in [5, 5.41) is 19.6. The molecule has 2 aromatic carbocycles. The van der Waals surface area contributed by atoms with Crippen LogP contribution in [0.3, 0.4) is 0 Å². The number of carbonyl (C=O) groups is 2. The van der Waals surface area contributed by atoms with Crippen molar-refractivity contribution in [1.29, 1.82) is 0 Å². The van der Waals surface area contributed by atoms with Gasteiger partial charge in [0.2, 0.25) is 0 Å². The summed E-state index contributed by atoms with van der Waals surface area (Å²) in [5.41, 5.74) is -0.177. The van der Waals surface area contributed by atoms with Gasteiger partial charge in [0.1, 0.15) is 17.3 Å². The predicted octanol–water partition coefficient (Wildman–Crippen LogP) is 5.73. The van der Waals surface area contributed by atoms with Gasteiger partial charge in [-0.15, -0.1) is 0 Å². The topological polar surface area (TPSA) is 157 Å². The molecule has 0 unspecified atom stereocenters. The largest absolute Gasteiger partial charge is 0.519 e. The summed E-state index contributed by atoms with van der Waals surface area (Å²) >= 11 is 5.65. The van der Waals surface area contributed by atoms with Gasteiger partial charge in [0.05, 0.1) is 9.85 Å². The molecule has 0 saturated carbocycles. The van der Waals surface area contributed by atoms with E-state index >= 15 is 0 Å². The number of rotatable bonds is 6. The Bertz CT molecular complexity index is 1010. The van der Waals surface area contributed by atoms with E-state index in [0.717, 1.165) is 0 Å². The van der Waals surface area contributed by atoms with Crippen LogP contribution in [0.2, 0.25) is 0 Å². The minimum atomic E-state index is -1.17. The van der Waals surface area contributed by atoms with Crippen molar-refractivity contribution in [1.82, 2.24) is 0 Å². The molecule has 13 heteroatoms. The van der Waals surface area contributed by atoms with Gasteiger partial charge in [0.15, 0.2) is 5.06 Å². The van der Waals surface area contributed by atoms with Gasteiger partial charge in [-0.25, -0.2) is 9.59 Å². The summed E-state index contributed by atoms with van der Waals surface area (Å²) in [6.07, 6.45) is -1.90. The molecule has 2 rings (SSSR count). The number of nitro groups is 2. The lowest BCUT2D eigenvalue weighted by atomic mass is 10.3. The maximum absolute atomic E-state index is 11.2. The van der Waals surface area contributed by atoms with E-state index in [9.17, 15) is 29.8 Å². The highest BCUT2D eigenvalue weighted by atomic mass is 35.5. The number of carbonyl (C=O) groups excluding carboxylic acids is 2. The van der Waals surface area contributed by atoms with E-state index in [1.165, 1.54) is 69.3 Å². The average molecular weight is 483 g/mol. The van der Waals surface area contributed by atoms with E-state index in [0.29, 0.717) is 0 Å². The second kappa shape index (κ2) is 12.0. The molecule has 0 bridgehead atoms. The van der Waals surface area contributed by atoms with Crippen molar-refractivity contribution in [3.05, 3.63) is 81.1 Å². The first kappa shape index (κ1) is 26.8. The lowest BCUT2D eigenvalue weighted by Gasteiger charge is -2.15. The van der Waals surface area contributed by atoms with Crippen LogP contribution in [0.15, 0.2) is 60.9 Å². The summed E-state index contributed by atoms with van der Waals surface area (Å²) < 4.78 is 18.7. The Balaban J connectivity index is 0.000000331. The standard InChI is InChI=1S/C10H10ClNO5.C10H9NO5/c1-10(2,11)17-9(13)16-8-5-3-7(4-6-8)12(14)15;1-7(2)15-10(12)16-9-5-3-8(4-6-9)11(13)14/h3-6H,1-2H3;3-6H,1H2,2H3. The first-order valence-electron chi connectivity index (χ1n) is 8.90. The normalized spacial score (nSPS) is 10.1. The maximum Gasteiger partial charge on any atom is 0.519 e. The Morgan fingerprint density at radius 3 is 1.52 bits per heavy atom.